The fourth-order valence-electron chi connectivity index (χ4n) is 3.11. The van der Waals surface area contributed by atoms with Gasteiger partial charge in [-0.05, 0) is 5.92 Å². The SMILES string of the molecule is CC(C)C(NC(=O)O)c1nc2c(N3CCOCC3)cc(Cl)nc2n1C. The van der Waals surface area contributed by atoms with Crippen LogP contribution in [0.2, 0.25) is 5.15 Å². The van der Waals surface area contributed by atoms with Crippen LogP contribution in [-0.4, -0.2) is 52.0 Å². The lowest BCUT2D eigenvalue weighted by Crippen LogP contribution is -2.36. The predicted octanol–water partition coefficient (Wildman–Crippen LogP) is 2.42. The van der Waals surface area contributed by atoms with Crippen molar-refractivity contribution in [2.45, 2.75) is 19.9 Å². The van der Waals surface area contributed by atoms with Crippen LogP contribution in [0.4, 0.5) is 10.5 Å². The van der Waals surface area contributed by atoms with Crippen LogP contribution in [0.25, 0.3) is 11.2 Å². The normalized spacial score (nSPS) is 16.4. The van der Waals surface area contributed by atoms with E-state index < -0.39 is 12.1 Å². The Balaban J connectivity index is 2.12. The van der Waals surface area contributed by atoms with Gasteiger partial charge < -0.3 is 24.6 Å². The summed E-state index contributed by atoms with van der Waals surface area (Å²) in [4.78, 5) is 22.5. The summed E-state index contributed by atoms with van der Waals surface area (Å²) in [6, 6.07) is 1.37. The molecule has 2 N–H and O–H groups in total. The summed E-state index contributed by atoms with van der Waals surface area (Å²) >= 11 is 6.23. The van der Waals surface area contributed by atoms with Gasteiger partial charge in [0.25, 0.3) is 0 Å². The van der Waals surface area contributed by atoms with E-state index in [0.29, 0.717) is 29.8 Å². The van der Waals surface area contributed by atoms with Gasteiger partial charge in [0, 0.05) is 26.2 Å². The van der Waals surface area contributed by atoms with E-state index in [9.17, 15) is 4.79 Å². The molecule has 0 spiro atoms. The Morgan fingerprint density at radius 3 is 2.64 bits per heavy atom. The third kappa shape index (κ3) is 3.50. The van der Waals surface area contributed by atoms with Crippen molar-refractivity contribution in [3.8, 4) is 0 Å². The molecule has 2 aromatic rings. The second kappa shape index (κ2) is 7.05. The van der Waals surface area contributed by atoms with Gasteiger partial charge in [0.1, 0.15) is 16.5 Å². The summed E-state index contributed by atoms with van der Waals surface area (Å²) in [6.07, 6.45) is -1.08. The lowest BCUT2D eigenvalue weighted by molar-refractivity contribution is 0.123. The maximum absolute atomic E-state index is 11.2. The summed E-state index contributed by atoms with van der Waals surface area (Å²) in [5.41, 5.74) is 2.27. The average Bonchev–Trinajstić information content (AvgIpc) is 2.89. The number of fused-ring (bicyclic) bond motifs is 1. The standard InChI is InChI=1S/C16H22ClN5O3/c1-9(2)12(20-16(23)24)14-19-13-10(22-4-6-25-7-5-22)8-11(17)18-15(13)21(14)3/h8-9,12,20H,4-7H2,1-3H3,(H,23,24). The minimum atomic E-state index is -1.08. The van der Waals surface area contributed by atoms with Crippen molar-refractivity contribution < 1.29 is 14.6 Å². The van der Waals surface area contributed by atoms with E-state index >= 15 is 0 Å². The fourth-order valence-corrected chi connectivity index (χ4v) is 3.29. The molecule has 0 radical (unpaired) electrons. The highest BCUT2D eigenvalue weighted by Crippen LogP contribution is 2.32. The molecule has 136 valence electrons. The summed E-state index contributed by atoms with van der Waals surface area (Å²) in [7, 11) is 1.83. The van der Waals surface area contributed by atoms with Crippen LogP contribution in [0.15, 0.2) is 6.07 Å². The molecular weight excluding hydrogens is 346 g/mol. The first kappa shape index (κ1) is 17.8. The summed E-state index contributed by atoms with van der Waals surface area (Å²) in [5, 5.41) is 12.1. The lowest BCUT2D eigenvalue weighted by Gasteiger charge is -2.28. The van der Waals surface area contributed by atoms with E-state index in [4.69, 9.17) is 26.4 Å². The molecule has 2 aromatic heterocycles. The van der Waals surface area contributed by atoms with Crippen LogP contribution >= 0.6 is 11.6 Å². The Labute approximate surface area is 150 Å². The molecule has 8 nitrogen and oxygen atoms in total. The van der Waals surface area contributed by atoms with Gasteiger partial charge in [0.05, 0.1) is 24.9 Å². The van der Waals surface area contributed by atoms with Crippen LogP contribution in [-0.2, 0) is 11.8 Å². The van der Waals surface area contributed by atoms with Gasteiger partial charge in [0.2, 0.25) is 0 Å². The molecule has 1 atom stereocenters. The minimum absolute atomic E-state index is 0.0360. The van der Waals surface area contributed by atoms with E-state index in [1.807, 2.05) is 25.5 Å². The van der Waals surface area contributed by atoms with Gasteiger partial charge in [-0.3, -0.25) is 0 Å². The molecule has 1 fully saturated rings. The monoisotopic (exact) mass is 367 g/mol. The Morgan fingerprint density at radius 2 is 2.04 bits per heavy atom. The maximum atomic E-state index is 11.2. The summed E-state index contributed by atoms with van der Waals surface area (Å²) in [6.45, 7) is 6.70. The van der Waals surface area contributed by atoms with Crippen LogP contribution in [0.3, 0.4) is 0 Å². The number of hydrogen-bond acceptors (Lipinski definition) is 5. The van der Waals surface area contributed by atoms with Crippen LogP contribution in [0.1, 0.15) is 25.7 Å². The number of carbonyl (C=O) groups is 1. The minimum Gasteiger partial charge on any atom is -0.465 e. The van der Waals surface area contributed by atoms with Crippen LogP contribution in [0.5, 0.6) is 0 Å². The third-order valence-corrected chi connectivity index (χ3v) is 4.58. The highest BCUT2D eigenvalue weighted by atomic mass is 35.5. The number of hydrogen-bond donors (Lipinski definition) is 2. The molecule has 0 aromatic carbocycles. The first-order valence-electron chi connectivity index (χ1n) is 8.23. The van der Waals surface area contributed by atoms with E-state index in [1.165, 1.54) is 0 Å². The molecule has 0 saturated carbocycles. The van der Waals surface area contributed by atoms with Crippen molar-refractivity contribution in [1.29, 1.82) is 0 Å². The number of amides is 1. The zero-order valence-corrected chi connectivity index (χ0v) is 15.2. The largest absolute Gasteiger partial charge is 0.465 e. The quantitative estimate of drug-likeness (QED) is 0.806. The zero-order valence-electron chi connectivity index (χ0n) is 14.5. The van der Waals surface area contributed by atoms with Gasteiger partial charge in [-0.2, -0.15) is 0 Å². The third-order valence-electron chi connectivity index (χ3n) is 4.39. The number of anilines is 1. The molecular formula is C16H22ClN5O3. The van der Waals surface area contributed by atoms with E-state index in [-0.39, 0.29) is 5.92 Å². The van der Waals surface area contributed by atoms with Gasteiger partial charge >= 0.3 is 6.09 Å². The van der Waals surface area contributed by atoms with Crippen molar-refractivity contribution in [1.82, 2.24) is 19.9 Å². The second-order valence-corrected chi connectivity index (χ2v) is 6.82. The maximum Gasteiger partial charge on any atom is 0.405 e. The topological polar surface area (TPSA) is 92.5 Å². The molecule has 1 saturated heterocycles. The fraction of sp³-hybridized carbons (Fsp3) is 0.562. The molecule has 1 unspecified atom stereocenters. The molecule has 1 aliphatic rings. The Bertz CT molecular complexity index is 786. The number of nitrogens with one attached hydrogen (secondary N) is 1. The number of aromatic nitrogens is 3. The molecule has 25 heavy (non-hydrogen) atoms. The Hall–Kier alpha value is -2.06. The average molecular weight is 368 g/mol. The number of ether oxygens (including phenoxy) is 1. The first-order valence-corrected chi connectivity index (χ1v) is 8.61. The number of aryl methyl sites for hydroxylation is 1. The van der Waals surface area contributed by atoms with E-state index in [1.54, 1.807) is 6.07 Å². The highest BCUT2D eigenvalue weighted by molar-refractivity contribution is 6.30. The zero-order chi connectivity index (χ0) is 18.1. The van der Waals surface area contributed by atoms with Gasteiger partial charge in [-0.15, -0.1) is 0 Å². The Kier molecular flexibility index (Phi) is 5.01. The van der Waals surface area contributed by atoms with Crippen molar-refractivity contribution in [2.24, 2.45) is 13.0 Å². The van der Waals surface area contributed by atoms with Crippen molar-refractivity contribution >= 4 is 34.5 Å². The second-order valence-electron chi connectivity index (χ2n) is 6.44. The number of rotatable bonds is 4. The van der Waals surface area contributed by atoms with Crippen molar-refractivity contribution in [2.75, 3.05) is 31.2 Å². The molecule has 3 rings (SSSR count). The van der Waals surface area contributed by atoms with Crippen molar-refractivity contribution in [3.63, 3.8) is 0 Å². The smallest absolute Gasteiger partial charge is 0.405 e. The van der Waals surface area contributed by atoms with Gasteiger partial charge in [-0.25, -0.2) is 14.8 Å². The number of morpholine rings is 1. The number of pyridine rings is 1. The Morgan fingerprint density at radius 1 is 1.36 bits per heavy atom. The molecule has 0 aliphatic carbocycles. The highest BCUT2D eigenvalue weighted by Gasteiger charge is 2.26. The van der Waals surface area contributed by atoms with Crippen molar-refractivity contribution in [3.05, 3.63) is 17.0 Å². The summed E-state index contributed by atoms with van der Waals surface area (Å²) in [5.74, 6) is 0.658. The number of imidazole rings is 1. The van der Waals surface area contributed by atoms with E-state index in [2.05, 4.69) is 15.2 Å². The molecule has 3 heterocycles. The van der Waals surface area contributed by atoms with E-state index in [0.717, 1.165) is 24.3 Å². The first-order chi connectivity index (χ1) is 11.9. The molecule has 1 aliphatic heterocycles. The van der Waals surface area contributed by atoms with Gasteiger partial charge in [-0.1, -0.05) is 25.4 Å². The molecule has 1 amide bonds. The van der Waals surface area contributed by atoms with Crippen LogP contribution in [0, 0.1) is 5.92 Å². The molecule has 0 bridgehead atoms. The lowest BCUT2D eigenvalue weighted by atomic mass is 10.0. The summed E-state index contributed by atoms with van der Waals surface area (Å²) < 4.78 is 7.23. The number of nitrogens with zero attached hydrogens (tertiary/aromatic N) is 4. The predicted molar refractivity (Wildman–Crippen MR) is 95.3 cm³/mol. The molecule has 9 heteroatoms. The number of carboxylic acid groups (broad SMARTS) is 1. The van der Waals surface area contributed by atoms with Crippen LogP contribution < -0.4 is 10.2 Å². The van der Waals surface area contributed by atoms with Gasteiger partial charge in [0.15, 0.2) is 5.65 Å². The number of halogens is 1.